The summed E-state index contributed by atoms with van der Waals surface area (Å²) in [6.45, 7) is 0. The number of nitrogens with zero attached hydrogens (tertiary/aromatic N) is 1. The quantitative estimate of drug-likeness (QED) is 0.883. The first kappa shape index (κ1) is 16.4. The third-order valence-electron chi connectivity index (χ3n) is 3.13. The molecule has 0 aromatic heterocycles. The monoisotopic (exact) mass is 312 g/mol. The van der Waals surface area contributed by atoms with Crippen LogP contribution in [-0.2, 0) is 4.79 Å². The Balaban J connectivity index is 2.34. The van der Waals surface area contributed by atoms with Gasteiger partial charge in [-0.3, -0.25) is 9.59 Å². The highest BCUT2D eigenvalue weighted by Crippen LogP contribution is 2.12. The van der Waals surface area contributed by atoms with E-state index < -0.39 is 17.6 Å². The lowest BCUT2D eigenvalue weighted by atomic mass is 10.1. The Morgan fingerprint density at radius 3 is 2.22 bits per heavy atom. The van der Waals surface area contributed by atoms with Crippen LogP contribution in [0.4, 0.5) is 4.39 Å². The Labute approximate surface area is 134 Å². The molecule has 4 nitrogen and oxygen atoms in total. The van der Waals surface area contributed by atoms with Gasteiger partial charge in [-0.25, -0.2) is 4.39 Å². The zero-order valence-corrected chi connectivity index (χ0v) is 12.9. The topological polar surface area (TPSA) is 49.4 Å². The molecule has 0 fully saturated rings. The van der Waals surface area contributed by atoms with Gasteiger partial charge in [0.1, 0.15) is 11.5 Å². The Hall–Kier alpha value is -2.95. The van der Waals surface area contributed by atoms with Gasteiger partial charge in [0.2, 0.25) is 0 Å². The van der Waals surface area contributed by atoms with E-state index in [-0.39, 0.29) is 11.3 Å². The van der Waals surface area contributed by atoms with Gasteiger partial charge >= 0.3 is 0 Å². The number of rotatable bonds is 4. The van der Waals surface area contributed by atoms with Crippen LogP contribution >= 0.6 is 0 Å². The second kappa shape index (κ2) is 7.35. The molecular formula is C18H17FN2O2. The molecule has 2 amide bonds. The maximum Gasteiger partial charge on any atom is 0.269 e. The van der Waals surface area contributed by atoms with Crippen LogP contribution in [0.3, 0.4) is 0 Å². The molecule has 2 rings (SSSR count). The normalized spacial score (nSPS) is 11.0. The molecule has 118 valence electrons. The average molecular weight is 312 g/mol. The van der Waals surface area contributed by atoms with E-state index in [0.717, 1.165) is 0 Å². The van der Waals surface area contributed by atoms with E-state index in [1.807, 2.05) is 0 Å². The Morgan fingerprint density at radius 1 is 1.00 bits per heavy atom. The summed E-state index contributed by atoms with van der Waals surface area (Å²) in [5.41, 5.74) is 0.651. The Morgan fingerprint density at radius 2 is 1.61 bits per heavy atom. The van der Waals surface area contributed by atoms with E-state index in [2.05, 4.69) is 5.32 Å². The number of benzene rings is 2. The first-order valence-electron chi connectivity index (χ1n) is 7.03. The molecule has 23 heavy (non-hydrogen) atoms. The first-order chi connectivity index (χ1) is 11.0. The van der Waals surface area contributed by atoms with E-state index in [0.29, 0.717) is 5.56 Å². The number of carbonyl (C=O) groups excluding carboxylic acids is 2. The van der Waals surface area contributed by atoms with Crippen molar-refractivity contribution in [3.05, 3.63) is 77.2 Å². The fourth-order valence-electron chi connectivity index (χ4n) is 1.92. The third kappa shape index (κ3) is 4.26. The summed E-state index contributed by atoms with van der Waals surface area (Å²) in [7, 11) is 3.12. The number of halogens is 1. The second-order valence-electron chi connectivity index (χ2n) is 5.10. The van der Waals surface area contributed by atoms with Crippen LogP contribution in [0.5, 0.6) is 0 Å². The lowest BCUT2D eigenvalue weighted by molar-refractivity contribution is -0.124. The van der Waals surface area contributed by atoms with Gasteiger partial charge in [-0.1, -0.05) is 36.4 Å². The SMILES string of the molecule is CN(C)C(=O)C(=Cc1ccccc1F)NC(=O)c1ccccc1. The predicted molar refractivity (Wildman–Crippen MR) is 87.0 cm³/mol. The molecule has 0 spiro atoms. The highest BCUT2D eigenvalue weighted by Gasteiger charge is 2.16. The van der Waals surface area contributed by atoms with Crippen molar-refractivity contribution in [3.8, 4) is 0 Å². The van der Waals surface area contributed by atoms with Crippen molar-refractivity contribution in [2.75, 3.05) is 14.1 Å². The molecule has 0 saturated heterocycles. The average Bonchev–Trinajstić information content (AvgIpc) is 2.56. The fourth-order valence-corrected chi connectivity index (χ4v) is 1.92. The molecule has 0 bridgehead atoms. The van der Waals surface area contributed by atoms with Crippen LogP contribution in [0.25, 0.3) is 6.08 Å². The van der Waals surface area contributed by atoms with Gasteiger partial charge in [0.05, 0.1) is 0 Å². The minimum absolute atomic E-state index is 0.00829. The van der Waals surface area contributed by atoms with Gasteiger partial charge in [0, 0.05) is 25.2 Å². The minimum Gasteiger partial charge on any atom is -0.344 e. The standard InChI is InChI=1S/C18H17FN2O2/c1-21(2)18(23)16(12-14-10-6-7-11-15(14)19)20-17(22)13-8-4-3-5-9-13/h3-12H,1-2H3,(H,20,22). The maximum absolute atomic E-state index is 13.8. The van der Waals surface area contributed by atoms with Gasteiger partial charge < -0.3 is 10.2 Å². The minimum atomic E-state index is -0.467. The predicted octanol–water partition coefficient (Wildman–Crippen LogP) is 2.68. The number of likely N-dealkylation sites (N-methyl/N-ethyl adjacent to an activating group) is 1. The van der Waals surface area contributed by atoms with Crippen molar-refractivity contribution in [2.24, 2.45) is 0 Å². The summed E-state index contributed by atoms with van der Waals surface area (Å²) in [6.07, 6.45) is 1.33. The molecule has 0 heterocycles. The fraction of sp³-hybridized carbons (Fsp3) is 0.111. The summed E-state index contributed by atoms with van der Waals surface area (Å²) >= 11 is 0. The number of nitrogens with one attached hydrogen (secondary N) is 1. The number of hydrogen-bond donors (Lipinski definition) is 1. The van der Waals surface area contributed by atoms with E-state index >= 15 is 0 Å². The number of carbonyl (C=O) groups is 2. The van der Waals surface area contributed by atoms with Crippen LogP contribution in [0.1, 0.15) is 15.9 Å². The van der Waals surface area contributed by atoms with Crippen molar-refractivity contribution < 1.29 is 14.0 Å². The molecule has 0 radical (unpaired) electrons. The largest absolute Gasteiger partial charge is 0.344 e. The Kier molecular flexibility index (Phi) is 5.25. The van der Waals surface area contributed by atoms with E-state index in [9.17, 15) is 14.0 Å². The lowest BCUT2D eigenvalue weighted by Crippen LogP contribution is -2.34. The molecule has 2 aromatic rings. The van der Waals surface area contributed by atoms with Gasteiger partial charge in [0.15, 0.2) is 0 Å². The van der Waals surface area contributed by atoms with Crippen LogP contribution in [0, 0.1) is 5.82 Å². The maximum atomic E-state index is 13.8. The van der Waals surface area contributed by atoms with Gasteiger partial charge in [-0.2, -0.15) is 0 Å². The number of hydrogen-bond acceptors (Lipinski definition) is 2. The second-order valence-corrected chi connectivity index (χ2v) is 5.10. The van der Waals surface area contributed by atoms with Crippen molar-refractivity contribution in [1.29, 1.82) is 0 Å². The molecule has 5 heteroatoms. The zero-order chi connectivity index (χ0) is 16.8. The molecule has 0 aliphatic rings. The summed E-state index contributed by atoms with van der Waals surface area (Å²) in [5, 5.41) is 2.55. The van der Waals surface area contributed by atoms with Crippen LogP contribution in [0.2, 0.25) is 0 Å². The summed E-state index contributed by atoms with van der Waals surface area (Å²) in [5.74, 6) is -1.31. The highest BCUT2D eigenvalue weighted by atomic mass is 19.1. The summed E-state index contributed by atoms with van der Waals surface area (Å²) < 4.78 is 13.8. The van der Waals surface area contributed by atoms with E-state index in [1.165, 1.54) is 23.1 Å². The van der Waals surface area contributed by atoms with Crippen LogP contribution < -0.4 is 5.32 Å². The molecule has 1 N–H and O–H groups in total. The van der Waals surface area contributed by atoms with Crippen molar-refractivity contribution >= 4 is 17.9 Å². The molecular weight excluding hydrogens is 295 g/mol. The lowest BCUT2D eigenvalue weighted by Gasteiger charge is -2.15. The smallest absolute Gasteiger partial charge is 0.269 e. The molecule has 0 atom stereocenters. The molecule has 0 unspecified atom stereocenters. The van der Waals surface area contributed by atoms with Gasteiger partial charge in [-0.05, 0) is 24.3 Å². The van der Waals surface area contributed by atoms with Crippen molar-refractivity contribution in [3.63, 3.8) is 0 Å². The summed E-state index contributed by atoms with van der Waals surface area (Å²) in [4.78, 5) is 25.8. The summed E-state index contributed by atoms with van der Waals surface area (Å²) in [6, 6.07) is 14.6. The third-order valence-corrected chi connectivity index (χ3v) is 3.13. The van der Waals surface area contributed by atoms with Crippen LogP contribution in [0.15, 0.2) is 60.3 Å². The Bertz CT molecular complexity index is 740. The van der Waals surface area contributed by atoms with E-state index in [1.54, 1.807) is 56.6 Å². The van der Waals surface area contributed by atoms with Crippen LogP contribution in [-0.4, -0.2) is 30.8 Å². The molecule has 0 saturated carbocycles. The van der Waals surface area contributed by atoms with Gasteiger partial charge in [0.25, 0.3) is 11.8 Å². The van der Waals surface area contributed by atoms with E-state index in [4.69, 9.17) is 0 Å². The number of amides is 2. The van der Waals surface area contributed by atoms with Crippen molar-refractivity contribution in [1.82, 2.24) is 10.2 Å². The van der Waals surface area contributed by atoms with Gasteiger partial charge in [-0.15, -0.1) is 0 Å². The molecule has 2 aromatic carbocycles. The molecule has 0 aliphatic heterocycles. The van der Waals surface area contributed by atoms with Crippen molar-refractivity contribution in [2.45, 2.75) is 0 Å². The highest BCUT2D eigenvalue weighted by molar-refractivity contribution is 6.05. The first-order valence-corrected chi connectivity index (χ1v) is 7.03. The molecule has 0 aliphatic carbocycles. The zero-order valence-electron chi connectivity index (χ0n) is 12.9.